The van der Waals surface area contributed by atoms with Crippen molar-refractivity contribution in [2.24, 2.45) is 0 Å². The molecule has 1 aromatic heterocycles. The summed E-state index contributed by atoms with van der Waals surface area (Å²) in [5.41, 5.74) is 0.750. The Balaban J connectivity index is 2.09. The van der Waals surface area contributed by atoms with Gasteiger partial charge in [-0.1, -0.05) is 15.9 Å². The molecule has 0 fully saturated rings. The van der Waals surface area contributed by atoms with E-state index in [4.69, 9.17) is 4.42 Å². The Labute approximate surface area is 118 Å². The van der Waals surface area contributed by atoms with Gasteiger partial charge in [-0.15, -0.1) is 0 Å². The Bertz CT molecular complexity index is 569. The number of nitro groups is 1. The van der Waals surface area contributed by atoms with E-state index in [0.29, 0.717) is 16.6 Å². The van der Waals surface area contributed by atoms with Crippen molar-refractivity contribution >= 4 is 21.6 Å². The summed E-state index contributed by atoms with van der Waals surface area (Å²) in [5, 5.41) is 14.2. The van der Waals surface area contributed by atoms with Gasteiger partial charge in [0.15, 0.2) is 0 Å². The lowest BCUT2D eigenvalue weighted by Crippen LogP contribution is -2.18. The molecular formula is C13H13BrN2O3. The second kappa shape index (κ2) is 5.99. The highest BCUT2D eigenvalue weighted by Gasteiger charge is 2.15. The molecule has 2 rings (SSSR count). The first-order valence-corrected chi connectivity index (χ1v) is 6.57. The minimum Gasteiger partial charge on any atom is -0.468 e. The molecule has 0 unspecified atom stereocenters. The predicted molar refractivity (Wildman–Crippen MR) is 74.8 cm³/mol. The summed E-state index contributed by atoms with van der Waals surface area (Å²) in [5.74, 6) is 0.805. The van der Waals surface area contributed by atoms with Crippen molar-refractivity contribution in [2.75, 3.05) is 0 Å². The number of nitrogens with one attached hydrogen (secondary N) is 1. The molecule has 1 aromatic carbocycles. The molecule has 19 heavy (non-hydrogen) atoms. The van der Waals surface area contributed by atoms with E-state index in [1.807, 2.05) is 19.1 Å². The van der Waals surface area contributed by atoms with E-state index >= 15 is 0 Å². The van der Waals surface area contributed by atoms with E-state index < -0.39 is 0 Å². The number of hydrogen-bond donors (Lipinski definition) is 1. The summed E-state index contributed by atoms with van der Waals surface area (Å²) in [6.45, 7) is 2.36. The fraction of sp³-hybridized carbons (Fsp3) is 0.231. The van der Waals surface area contributed by atoms with Gasteiger partial charge in [-0.3, -0.25) is 10.1 Å². The van der Waals surface area contributed by atoms with Crippen LogP contribution in [0.4, 0.5) is 5.69 Å². The summed E-state index contributed by atoms with van der Waals surface area (Å²) in [6.07, 6.45) is 1.61. The molecular weight excluding hydrogens is 312 g/mol. The second-order valence-electron chi connectivity index (χ2n) is 4.15. The van der Waals surface area contributed by atoms with Crippen LogP contribution in [0.3, 0.4) is 0 Å². The van der Waals surface area contributed by atoms with Gasteiger partial charge in [0, 0.05) is 22.6 Å². The second-order valence-corrected chi connectivity index (χ2v) is 5.06. The van der Waals surface area contributed by atoms with Crippen LogP contribution in [0.15, 0.2) is 45.5 Å². The standard InChI is InChI=1S/C13H13BrN2O3/c1-9(13-3-2-6-19-13)15-8-10-4-5-11(14)7-12(10)16(17)18/h2-7,9,15H,8H2,1H3/t9-/m0/s1. The average Bonchev–Trinajstić information content (AvgIpc) is 2.90. The minimum absolute atomic E-state index is 0.00162. The molecule has 1 heterocycles. The average molecular weight is 325 g/mol. The predicted octanol–water partition coefficient (Wildman–Crippen LogP) is 3.80. The van der Waals surface area contributed by atoms with Crippen molar-refractivity contribution in [3.05, 3.63) is 62.5 Å². The van der Waals surface area contributed by atoms with Crippen LogP contribution in [0.2, 0.25) is 0 Å². The summed E-state index contributed by atoms with van der Waals surface area (Å²) in [4.78, 5) is 10.6. The van der Waals surface area contributed by atoms with Crippen LogP contribution >= 0.6 is 15.9 Å². The number of hydrogen-bond acceptors (Lipinski definition) is 4. The zero-order valence-electron chi connectivity index (χ0n) is 10.3. The summed E-state index contributed by atoms with van der Waals surface area (Å²) < 4.78 is 5.97. The smallest absolute Gasteiger partial charge is 0.275 e. The third-order valence-corrected chi connectivity index (χ3v) is 3.31. The van der Waals surface area contributed by atoms with Crippen LogP contribution in [0.1, 0.15) is 24.3 Å². The maximum absolute atomic E-state index is 11.0. The van der Waals surface area contributed by atoms with E-state index in [-0.39, 0.29) is 16.7 Å². The van der Waals surface area contributed by atoms with E-state index in [1.165, 1.54) is 6.07 Å². The Morgan fingerprint density at radius 1 is 1.47 bits per heavy atom. The molecule has 0 amide bonds. The van der Waals surface area contributed by atoms with Crippen LogP contribution in [0.5, 0.6) is 0 Å². The SMILES string of the molecule is C[C@H](NCc1ccc(Br)cc1[N+](=O)[O-])c1ccco1. The molecule has 0 saturated heterocycles. The molecule has 0 radical (unpaired) electrons. The summed E-state index contributed by atoms with van der Waals surface area (Å²) in [7, 11) is 0. The zero-order valence-corrected chi connectivity index (χ0v) is 11.9. The van der Waals surface area contributed by atoms with Crippen molar-refractivity contribution in [1.82, 2.24) is 5.32 Å². The van der Waals surface area contributed by atoms with E-state index in [1.54, 1.807) is 18.4 Å². The highest BCUT2D eigenvalue weighted by Crippen LogP contribution is 2.24. The highest BCUT2D eigenvalue weighted by atomic mass is 79.9. The Hall–Kier alpha value is -1.66. The maximum Gasteiger partial charge on any atom is 0.275 e. The van der Waals surface area contributed by atoms with Crippen molar-refractivity contribution in [3.63, 3.8) is 0 Å². The van der Waals surface area contributed by atoms with E-state index in [9.17, 15) is 10.1 Å². The van der Waals surface area contributed by atoms with Crippen LogP contribution in [0.25, 0.3) is 0 Å². The topological polar surface area (TPSA) is 68.3 Å². The fourth-order valence-electron chi connectivity index (χ4n) is 1.76. The molecule has 0 aliphatic heterocycles. The molecule has 6 heteroatoms. The number of nitro benzene ring substituents is 1. The monoisotopic (exact) mass is 324 g/mol. The lowest BCUT2D eigenvalue weighted by Gasteiger charge is -2.11. The van der Waals surface area contributed by atoms with E-state index in [2.05, 4.69) is 21.2 Å². The van der Waals surface area contributed by atoms with Gasteiger partial charge in [0.05, 0.1) is 17.2 Å². The molecule has 2 aromatic rings. The minimum atomic E-state index is -0.376. The number of rotatable bonds is 5. The maximum atomic E-state index is 11.0. The number of nitrogens with zero attached hydrogens (tertiary/aromatic N) is 1. The fourth-order valence-corrected chi connectivity index (χ4v) is 2.11. The van der Waals surface area contributed by atoms with Gasteiger partial charge in [0.1, 0.15) is 5.76 Å². The molecule has 0 aliphatic carbocycles. The zero-order chi connectivity index (χ0) is 13.8. The first kappa shape index (κ1) is 13.8. The van der Waals surface area contributed by atoms with Gasteiger partial charge < -0.3 is 9.73 Å². The quantitative estimate of drug-likeness (QED) is 0.670. The van der Waals surface area contributed by atoms with Gasteiger partial charge >= 0.3 is 0 Å². The largest absolute Gasteiger partial charge is 0.468 e. The van der Waals surface area contributed by atoms with Crippen LogP contribution in [-0.2, 0) is 6.54 Å². The Kier molecular flexibility index (Phi) is 4.34. The summed E-state index contributed by atoms with van der Waals surface area (Å²) >= 11 is 3.24. The van der Waals surface area contributed by atoms with Crippen molar-refractivity contribution in [3.8, 4) is 0 Å². The van der Waals surface area contributed by atoms with Crippen molar-refractivity contribution in [1.29, 1.82) is 0 Å². The first-order valence-electron chi connectivity index (χ1n) is 5.77. The van der Waals surface area contributed by atoms with Crippen molar-refractivity contribution < 1.29 is 9.34 Å². The molecule has 0 spiro atoms. The Morgan fingerprint density at radius 3 is 2.89 bits per heavy atom. The van der Waals surface area contributed by atoms with Gasteiger partial charge in [0.25, 0.3) is 5.69 Å². The van der Waals surface area contributed by atoms with E-state index in [0.717, 1.165) is 5.76 Å². The molecule has 100 valence electrons. The van der Waals surface area contributed by atoms with Gasteiger partial charge in [0.2, 0.25) is 0 Å². The van der Waals surface area contributed by atoms with Gasteiger partial charge in [-0.05, 0) is 31.2 Å². The molecule has 1 atom stereocenters. The van der Waals surface area contributed by atoms with Crippen LogP contribution in [0, 0.1) is 10.1 Å². The molecule has 5 nitrogen and oxygen atoms in total. The van der Waals surface area contributed by atoms with Gasteiger partial charge in [-0.2, -0.15) is 0 Å². The lowest BCUT2D eigenvalue weighted by atomic mass is 10.1. The number of halogens is 1. The molecule has 1 N–H and O–H groups in total. The molecule has 0 saturated carbocycles. The molecule has 0 bridgehead atoms. The summed E-state index contributed by atoms with van der Waals surface area (Å²) in [6, 6.07) is 8.72. The van der Waals surface area contributed by atoms with Crippen molar-refractivity contribution in [2.45, 2.75) is 19.5 Å². The third-order valence-electron chi connectivity index (χ3n) is 2.81. The first-order chi connectivity index (χ1) is 9.08. The van der Waals surface area contributed by atoms with Crippen LogP contribution < -0.4 is 5.32 Å². The van der Waals surface area contributed by atoms with Gasteiger partial charge in [-0.25, -0.2) is 0 Å². The van der Waals surface area contributed by atoms with Crippen LogP contribution in [-0.4, -0.2) is 4.92 Å². The Morgan fingerprint density at radius 2 is 2.26 bits per heavy atom. The number of benzene rings is 1. The molecule has 0 aliphatic rings. The normalized spacial score (nSPS) is 12.3. The lowest BCUT2D eigenvalue weighted by molar-refractivity contribution is -0.385. The highest BCUT2D eigenvalue weighted by molar-refractivity contribution is 9.10. The number of furan rings is 1. The third kappa shape index (κ3) is 3.42.